The van der Waals surface area contributed by atoms with Crippen LogP contribution in [-0.2, 0) is 22.6 Å². The molecule has 3 aromatic heterocycles. The molecule has 0 bridgehead atoms. The van der Waals surface area contributed by atoms with Gasteiger partial charge in [0.2, 0.25) is 0 Å². The number of nitrogens with two attached hydrogens (primary N) is 1. The van der Waals surface area contributed by atoms with Crippen molar-refractivity contribution in [3.8, 4) is 23.0 Å². The molecule has 0 unspecified atom stereocenters. The van der Waals surface area contributed by atoms with E-state index in [4.69, 9.17) is 20.4 Å². The van der Waals surface area contributed by atoms with E-state index in [1.54, 1.807) is 12.4 Å². The molecule has 0 fully saturated rings. The van der Waals surface area contributed by atoms with Gasteiger partial charge in [-0.25, -0.2) is 4.98 Å². The van der Waals surface area contributed by atoms with Crippen LogP contribution in [0.4, 0.5) is 5.82 Å². The fourth-order valence-electron chi connectivity index (χ4n) is 3.36. The summed E-state index contributed by atoms with van der Waals surface area (Å²) < 4.78 is 7.72. The number of hydrogen-bond acceptors (Lipinski definition) is 6. The van der Waals surface area contributed by atoms with Gasteiger partial charge in [0.05, 0.1) is 36.5 Å². The van der Waals surface area contributed by atoms with Crippen molar-refractivity contribution in [2.45, 2.75) is 20.0 Å². The van der Waals surface area contributed by atoms with Gasteiger partial charge >= 0.3 is 0 Å². The van der Waals surface area contributed by atoms with E-state index in [9.17, 15) is 5.26 Å². The number of ether oxygens (including phenoxy) is 1. The number of nitrogen functional groups attached to an aromatic ring is 1. The van der Waals surface area contributed by atoms with Gasteiger partial charge in [-0.2, -0.15) is 5.26 Å². The van der Waals surface area contributed by atoms with Crippen molar-refractivity contribution < 1.29 is 14.6 Å². The zero-order valence-corrected chi connectivity index (χ0v) is 15.3. The van der Waals surface area contributed by atoms with Gasteiger partial charge in [-0.1, -0.05) is 0 Å². The van der Waals surface area contributed by atoms with Gasteiger partial charge in [-0.05, 0) is 31.2 Å². The van der Waals surface area contributed by atoms with Gasteiger partial charge in [0.25, 0.3) is 6.47 Å². The van der Waals surface area contributed by atoms with Gasteiger partial charge in [-0.15, -0.1) is 0 Å². The highest BCUT2D eigenvalue weighted by molar-refractivity contribution is 5.79. The van der Waals surface area contributed by atoms with Gasteiger partial charge < -0.3 is 20.1 Å². The number of anilines is 1. The number of nitrogens with zero attached hydrogens (tertiary/aromatic N) is 4. The lowest BCUT2D eigenvalue weighted by atomic mass is 9.96. The molecule has 4 rings (SSSR count). The second-order valence-electron chi connectivity index (χ2n) is 6.10. The van der Waals surface area contributed by atoms with Crippen molar-refractivity contribution >= 4 is 12.3 Å². The molecule has 0 radical (unpaired) electrons. The Hall–Kier alpha value is -3.70. The van der Waals surface area contributed by atoms with E-state index in [-0.39, 0.29) is 12.3 Å². The van der Waals surface area contributed by atoms with Crippen molar-refractivity contribution in [2.24, 2.45) is 0 Å². The molecule has 0 atom stereocenters. The molecule has 8 nitrogen and oxygen atoms in total. The van der Waals surface area contributed by atoms with Crippen LogP contribution in [0.25, 0.3) is 16.9 Å². The molecule has 0 aromatic carbocycles. The third-order valence-corrected chi connectivity index (χ3v) is 4.49. The fraction of sp³-hybridized carbons (Fsp3) is 0.200. The maximum atomic E-state index is 9.70. The Kier molecular flexibility index (Phi) is 5.67. The van der Waals surface area contributed by atoms with E-state index in [1.165, 1.54) is 0 Å². The molecule has 0 saturated heterocycles. The van der Waals surface area contributed by atoms with Crippen LogP contribution in [0.5, 0.6) is 0 Å². The molecular formula is C20H19N5O3. The summed E-state index contributed by atoms with van der Waals surface area (Å²) >= 11 is 0. The van der Waals surface area contributed by atoms with Gasteiger partial charge in [0, 0.05) is 29.4 Å². The molecule has 0 aliphatic carbocycles. The molecule has 8 heteroatoms. The molecule has 142 valence electrons. The average Bonchev–Trinajstić information content (AvgIpc) is 3.09. The molecule has 3 aromatic rings. The summed E-state index contributed by atoms with van der Waals surface area (Å²) in [4.78, 5) is 17.0. The number of fused-ring (bicyclic) bond motifs is 1. The second-order valence-corrected chi connectivity index (χ2v) is 6.10. The summed E-state index contributed by atoms with van der Waals surface area (Å²) in [5.41, 5.74) is 12.0. The lowest BCUT2D eigenvalue weighted by Gasteiger charge is -2.22. The van der Waals surface area contributed by atoms with Gasteiger partial charge in [-0.3, -0.25) is 9.78 Å². The van der Waals surface area contributed by atoms with Crippen LogP contribution in [-0.4, -0.2) is 32.7 Å². The third kappa shape index (κ3) is 3.43. The summed E-state index contributed by atoms with van der Waals surface area (Å²) in [6, 6.07) is 10.1. The number of rotatable bonds is 2. The van der Waals surface area contributed by atoms with Crippen LogP contribution < -0.4 is 5.73 Å². The first-order valence-electron chi connectivity index (χ1n) is 8.58. The molecular weight excluding hydrogens is 358 g/mol. The molecule has 1 aliphatic rings. The van der Waals surface area contributed by atoms with E-state index < -0.39 is 0 Å². The van der Waals surface area contributed by atoms with Crippen LogP contribution >= 0.6 is 0 Å². The normalized spacial score (nSPS) is 12.3. The smallest absolute Gasteiger partial charge is 0.290 e. The van der Waals surface area contributed by atoms with E-state index in [0.29, 0.717) is 25.2 Å². The topological polar surface area (TPSA) is 127 Å². The number of carboxylic acid groups (broad SMARTS) is 1. The van der Waals surface area contributed by atoms with Crippen LogP contribution in [0.3, 0.4) is 0 Å². The highest BCUT2D eigenvalue weighted by atomic mass is 16.5. The number of aryl methyl sites for hydroxylation is 1. The molecule has 0 amide bonds. The van der Waals surface area contributed by atoms with E-state index >= 15 is 0 Å². The predicted molar refractivity (Wildman–Crippen MR) is 103 cm³/mol. The van der Waals surface area contributed by atoms with Crippen molar-refractivity contribution in [2.75, 3.05) is 12.3 Å². The zero-order valence-electron chi connectivity index (χ0n) is 15.3. The Labute approximate surface area is 161 Å². The number of carbonyl (C=O) groups is 1. The summed E-state index contributed by atoms with van der Waals surface area (Å²) in [7, 11) is 0. The molecule has 3 N–H and O–H groups in total. The van der Waals surface area contributed by atoms with E-state index in [0.717, 1.165) is 33.9 Å². The Balaban J connectivity index is 0.000000706. The number of hydrogen-bond donors (Lipinski definition) is 2. The largest absolute Gasteiger partial charge is 0.483 e. The summed E-state index contributed by atoms with van der Waals surface area (Å²) in [6.45, 7) is 2.83. The molecule has 0 saturated carbocycles. The molecule has 1 aliphatic heterocycles. The Morgan fingerprint density at radius 1 is 1.39 bits per heavy atom. The lowest BCUT2D eigenvalue weighted by Crippen LogP contribution is -2.17. The predicted octanol–water partition coefficient (Wildman–Crippen LogP) is 2.47. The number of pyridine rings is 2. The minimum atomic E-state index is -0.250. The average molecular weight is 377 g/mol. The van der Waals surface area contributed by atoms with Gasteiger partial charge in [0.15, 0.2) is 0 Å². The van der Waals surface area contributed by atoms with Crippen LogP contribution in [0.2, 0.25) is 0 Å². The first kappa shape index (κ1) is 19.1. The van der Waals surface area contributed by atoms with E-state index in [1.807, 2.05) is 31.2 Å². The molecule has 0 spiro atoms. The summed E-state index contributed by atoms with van der Waals surface area (Å²) in [6.07, 6.45) is 4.24. The van der Waals surface area contributed by atoms with Crippen molar-refractivity contribution in [3.63, 3.8) is 0 Å². The van der Waals surface area contributed by atoms with Crippen molar-refractivity contribution in [1.82, 2.24) is 14.5 Å². The maximum absolute atomic E-state index is 9.70. The zero-order chi connectivity index (χ0) is 20.1. The van der Waals surface area contributed by atoms with Crippen molar-refractivity contribution in [1.29, 1.82) is 5.26 Å². The van der Waals surface area contributed by atoms with Crippen molar-refractivity contribution in [3.05, 3.63) is 59.2 Å². The van der Waals surface area contributed by atoms with Gasteiger partial charge in [0.1, 0.15) is 17.5 Å². The SMILES string of the molecule is Cc1ccc(-c2c(C#N)c(N)nc3c2COCC3)n1-c1cccnc1.O=CO. The quantitative estimate of drug-likeness (QED) is 0.657. The first-order chi connectivity index (χ1) is 13.6. The minimum Gasteiger partial charge on any atom is -0.483 e. The highest BCUT2D eigenvalue weighted by Gasteiger charge is 2.25. The second kappa shape index (κ2) is 8.33. The maximum Gasteiger partial charge on any atom is 0.290 e. The van der Waals surface area contributed by atoms with Crippen LogP contribution in [0.1, 0.15) is 22.5 Å². The standard InChI is InChI=1S/C19H17N5O.CH2O2/c1-12-4-5-17(24(12)13-3-2-7-22-10-13)18-14(9-20)19(21)23-16-6-8-25-11-15(16)18;2-1-3/h2-5,7,10H,6,8,11H2,1H3,(H2,21,23);1H,(H,2,3). The highest BCUT2D eigenvalue weighted by Crippen LogP contribution is 2.36. The molecule has 4 heterocycles. The monoisotopic (exact) mass is 377 g/mol. The minimum absolute atomic E-state index is 0.250. The number of nitriles is 1. The fourth-order valence-corrected chi connectivity index (χ4v) is 3.36. The van der Waals surface area contributed by atoms with Crippen LogP contribution in [0.15, 0.2) is 36.7 Å². The Morgan fingerprint density at radius 2 is 2.18 bits per heavy atom. The molecule has 28 heavy (non-hydrogen) atoms. The third-order valence-electron chi connectivity index (χ3n) is 4.49. The Morgan fingerprint density at radius 3 is 2.86 bits per heavy atom. The summed E-state index contributed by atoms with van der Waals surface area (Å²) in [5, 5.41) is 16.6. The lowest BCUT2D eigenvalue weighted by molar-refractivity contribution is -0.122. The first-order valence-corrected chi connectivity index (χ1v) is 8.58. The Bertz CT molecular complexity index is 1040. The van der Waals surface area contributed by atoms with Crippen LogP contribution in [0, 0.1) is 18.3 Å². The van der Waals surface area contributed by atoms with E-state index in [2.05, 4.69) is 20.6 Å². The number of aromatic nitrogens is 3. The summed E-state index contributed by atoms with van der Waals surface area (Å²) in [5.74, 6) is 0.273.